The third-order valence-electron chi connectivity index (χ3n) is 3.94. The molecule has 2 aliphatic rings. The van der Waals surface area contributed by atoms with Crippen LogP contribution in [0.25, 0.3) is 0 Å². The van der Waals surface area contributed by atoms with Crippen molar-refractivity contribution in [3.63, 3.8) is 0 Å². The van der Waals surface area contributed by atoms with Gasteiger partial charge in [-0.1, -0.05) is 0 Å². The van der Waals surface area contributed by atoms with Gasteiger partial charge < -0.3 is 45.2 Å². The van der Waals surface area contributed by atoms with Gasteiger partial charge in [-0.3, -0.25) is 0 Å². The molecule has 0 aromatic rings. The van der Waals surface area contributed by atoms with Crippen LogP contribution in [0.2, 0.25) is 0 Å². The molecule has 1 unspecified atom stereocenters. The van der Waals surface area contributed by atoms with Crippen molar-refractivity contribution in [3.05, 3.63) is 0 Å². The zero-order valence-corrected chi connectivity index (χ0v) is 12.3. The van der Waals surface area contributed by atoms with Crippen molar-refractivity contribution in [2.45, 2.75) is 61.7 Å². The second kappa shape index (κ2) is 7.21. The summed E-state index contributed by atoms with van der Waals surface area (Å²) in [5.74, 6) is -2.34. The Morgan fingerprint density at radius 3 is 2.22 bits per heavy atom. The molecule has 2 heterocycles. The minimum absolute atomic E-state index is 0.632. The third kappa shape index (κ3) is 3.65. The van der Waals surface area contributed by atoms with E-state index in [9.17, 15) is 30.6 Å². The maximum absolute atomic E-state index is 10.0. The first-order chi connectivity index (χ1) is 10.7. The summed E-state index contributed by atoms with van der Waals surface area (Å²) in [7, 11) is 0. The minimum atomic E-state index is -2.34. The summed E-state index contributed by atoms with van der Waals surface area (Å²) in [5.41, 5.74) is 0. The SMILES string of the molecule is C[C@H]1O[C@H](OOCC2(O)O[C@H](CO)[C@@H](O)[C@@H]2O)[C@H](O)[C@@H](O)[C@@H]1O. The van der Waals surface area contributed by atoms with E-state index < -0.39 is 68.0 Å². The first-order valence-corrected chi connectivity index (χ1v) is 7.06. The molecule has 0 aromatic heterocycles. The maximum atomic E-state index is 10.0. The summed E-state index contributed by atoms with van der Waals surface area (Å²) in [6.07, 6.45) is -11.2. The fourth-order valence-electron chi connectivity index (χ4n) is 2.41. The summed E-state index contributed by atoms with van der Waals surface area (Å²) in [5, 5.41) is 67.1. The second-order valence-electron chi connectivity index (χ2n) is 5.66. The lowest BCUT2D eigenvalue weighted by Gasteiger charge is -2.38. The molecule has 2 aliphatic heterocycles. The average Bonchev–Trinajstić information content (AvgIpc) is 2.74. The normalized spacial score (nSPS) is 51.1. The van der Waals surface area contributed by atoms with Gasteiger partial charge in [0.1, 0.15) is 43.2 Å². The molecule has 9 atom stereocenters. The van der Waals surface area contributed by atoms with Gasteiger partial charge in [0.2, 0.25) is 12.1 Å². The van der Waals surface area contributed by atoms with Gasteiger partial charge in [0.25, 0.3) is 0 Å². The van der Waals surface area contributed by atoms with Crippen LogP contribution in [0.5, 0.6) is 0 Å². The van der Waals surface area contributed by atoms with Crippen LogP contribution in [0.3, 0.4) is 0 Å². The summed E-state index contributed by atoms with van der Waals surface area (Å²) < 4.78 is 9.99. The zero-order chi connectivity index (χ0) is 17.4. The van der Waals surface area contributed by atoms with Crippen LogP contribution in [0.4, 0.5) is 0 Å². The molecule has 2 fully saturated rings. The molecule has 0 bridgehead atoms. The van der Waals surface area contributed by atoms with Crippen LogP contribution >= 0.6 is 0 Å². The molecular weight excluding hydrogens is 320 g/mol. The molecule has 136 valence electrons. The predicted octanol–water partition coefficient (Wildman–Crippen LogP) is -4.44. The number of ether oxygens (including phenoxy) is 2. The van der Waals surface area contributed by atoms with Crippen molar-refractivity contribution in [3.8, 4) is 0 Å². The summed E-state index contributed by atoms with van der Waals surface area (Å²) in [6, 6.07) is 0. The number of hydrogen-bond donors (Lipinski definition) is 7. The van der Waals surface area contributed by atoms with Gasteiger partial charge in [0.05, 0.1) is 12.7 Å². The van der Waals surface area contributed by atoms with Crippen LogP contribution in [0, 0.1) is 0 Å². The van der Waals surface area contributed by atoms with Crippen LogP contribution in [-0.2, 0) is 19.2 Å². The predicted molar refractivity (Wildman–Crippen MR) is 68.3 cm³/mol. The largest absolute Gasteiger partial charge is 0.394 e. The van der Waals surface area contributed by atoms with Gasteiger partial charge in [-0.15, -0.1) is 0 Å². The number of rotatable bonds is 5. The lowest BCUT2D eigenvalue weighted by Crippen LogP contribution is -2.57. The van der Waals surface area contributed by atoms with Crippen LogP contribution in [0.1, 0.15) is 6.92 Å². The molecule has 11 heteroatoms. The average molecular weight is 342 g/mol. The Labute approximate surface area is 131 Å². The lowest BCUT2D eigenvalue weighted by molar-refractivity contribution is -0.443. The van der Waals surface area contributed by atoms with Crippen LogP contribution < -0.4 is 0 Å². The molecule has 0 aliphatic carbocycles. The Bertz CT molecular complexity index is 395. The van der Waals surface area contributed by atoms with Gasteiger partial charge in [-0.05, 0) is 6.92 Å². The molecule has 0 spiro atoms. The van der Waals surface area contributed by atoms with Crippen LogP contribution in [0.15, 0.2) is 0 Å². The number of aliphatic hydroxyl groups is 7. The molecule has 0 saturated carbocycles. The zero-order valence-electron chi connectivity index (χ0n) is 12.3. The van der Waals surface area contributed by atoms with Gasteiger partial charge in [0.15, 0.2) is 0 Å². The molecular formula is C12H22O11. The fourth-order valence-corrected chi connectivity index (χ4v) is 2.41. The van der Waals surface area contributed by atoms with E-state index in [2.05, 4.69) is 4.89 Å². The highest BCUT2D eigenvalue weighted by Crippen LogP contribution is 2.30. The highest BCUT2D eigenvalue weighted by Gasteiger charge is 2.54. The maximum Gasteiger partial charge on any atom is 0.222 e. The highest BCUT2D eigenvalue weighted by molar-refractivity contribution is 4.95. The first-order valence-electron chi connectivity index (χ1n) is 7.06. The van der Waals surface area contributed by atoms with E-state index in [1.54, 1.807) is 0 Å². The quantitative estimate of drug-likeness (QED) is 0.189. The smallest absolute Gasteiger partial charge is 0.222 e. The topological polar surface area (TPSA) is 179 Å². The van der Waals surface area contributed by atoms with Crippen molar-refractivity contribution >= 4 is 0 Å². The van der Waals surface area contributed by atoms with Crippen molar-refractivity contribution in [2.24, 2.45) is 0 Å². The van der Waals surface area contributed by atoms with Crippen molar-refractivity contribution in [1.82, 2.24) is 0 Å². The molecule has 11 nitrogen and oxygen atoms in total. The van der Waals surface area contributed by atoms with Crippen molar-refractivity contribution in [2.75, 3.05) is 13.2 Å². The van der Waals surface area contributed by atoms with Gasteiger partial charge in [-0.25, -0.2) is 9.78 Å². The van der Waals surface area contributed by atoms with Crippen molar-refractivity contribution in [1.29, 1.82) is 0 Å². The fraction of sp³-hybridized carbons (Fsp3) is 1.00. The molecule has 0 radical (unpaired) electrons. The van der Waals surface area contributed by atoms with E-state index in [1.807, 2.05) is 0 Å². The first kappa shape index (κ1) is 18.9. The Morgan fingerprint density at radius 1 is 1.00 bits per heavy atom. The van der Waals surface area contributed by atoms with E-state index in [0.29, 0.717) is 0 Å². The standard InChI is InChI=1S/C12H22O11/c1-4-6(14)8(16)9(17)11(21-4)23-20-3-12(19)10(18)7(15)5(2-13)22-12/h4-11,13-19H,2-3H2,1H3/t4-,5-,6-,7-,8+,9-,10+,11-,12?/m1/s1. The molecule has 23 heavy (non-hydrogen) atoms. The Kier molecular flexibility index (Phi) is 5.92. The minimum Gasteiger partial charge on any atom is -0.394 e. The van der Waals surface area contributed by atoms with Crippen molar-refractivity contribution < 1.29 is 55.0 Å². The molecule has 2 rings (SSSR count). The van der Waals surface area contributed by atoms with E-state index in [4.69, 9.17) is 19.5 Å². The van der Waals surface area contributed by atoms with Gasteiger partial charge in [0, 0.05) is 0 Å². The van der Waals surface area contributed by atoms with Gasteiger partial charge in [-0.2, -0.15) is 0 Å². The summed E-state index contributed by atoms with van der Waals surface area (Å²) >= 11 is 0. The highest BCUT2D eigenvalue weighted by atomic mass is 17.2. The summed E-state index contributed by atoms with van der Waals surface area (Å²) in [4.78, 5) is 9.39. The molecule has 0 aromatic carbocycles. The monoisotopic (exact) mass is 342 g/mol. The summed E-state index contributed by atoms with van der Waals surface area (Å²) in [6.45, 7) is 0.0322. The van der Waals surface area contributed by atoms with Gasteiger partial charge >= 0.3 is 0 Å². The molecule has 2 saturated heterocycles. The third-order valence-corrected chi connectivity index (χ3v) is 3.94. The van der Waals surface area contributed by atoms with Crippen LogP contribution in [-0.4, -0.2) is 104 Å². The Morgan fingerprint density at radius 2 is 1.65 bits per heavy atom. The Hall–Kier alpha value is -0.440. The van der Waals surface area contributed by atoms with E-state index in [-0.39, 0.29) is 0 Å². The van der Waals surface area contributed by atoms with E-state index >= 15 is 0 Å². The lowest BCUT2D eigenvalue weighted by atomic mass is 10.0. The Balaban J connectivity index is 1.87. The number of aliphatic hydroxyl groups excluding tert-OH is 6. The molecule has 0 amide bonds. The van der Waals surface area contributed by atoms with E-state index in [1.165, 1.54) is 6.92 Å². The number of hydrogen-bond acceptors (Lipinski definition) is 11. The second-order valence-corrected chi connectivity index (χ2v) is 5.66. The van der Waals surface area contributed by atoms with E-state index in [0.717, 1.165) is 0 Å². The molecule has 7 N–H and O–H groups in total.